The van der Waals surface area contributed by atoms with Crippen molar-refractivity contribution in [2.45, 2.75) is 6.92 Å². The van der Waals surface area contributed by atoms with Gasteiger partial charge in [0.15, 0.2) is 0 Å². The van der Waals surface area contributed by atoms with E-state index in [1.165, 1.54) is 12.5 Å². The Balaban J connectivity index is 2.00. The summed E-state index contributed by atoms with van der Waals surface area (Å²) < 4.78 is 4.89. The molecule has 2 rings (SSSR count). The van der Waals surface area contributed by atoms with Gasteiger partial charge < -0.3 is 9.73 Å². The van der Waals surface area contributed by atoms with Gasteiger partial charge in [-0.15, -0.1) is 0 Å². The van der Waals surface area contributed by atoms with E-state index in [0.717, 1.165) is 11.3 Å². The van der Waals surface area contributed by atoms with E-state index in [0.29, 0.717) is 0 Å². The molecule has 0 bridgehead atoms. The molecule has 0 atom stereocenters. The van der Waals surface area contributed by atoms with E-state index in [1.54, 1.807) is 0 Å². The number of amides is 2. The van der Waals surface area contributed by atoms with Crippen LogP contribution in [0.2, 0.25) is 0 Å². The van der Waals surface area contributed by atoms with Crippen molar-refractivity contribution < 1.29 is 9.21 Å². The third-order valence-corrected chi connectivity index (χ3v) is 2.05. The number of anilines is 2. The van der Waals surface area contributed by atoms with Crippen LogP contribution in [0, 0.1) is 6.92 Å². The Bertz CT molecular complexity index is 480. The Hall–Kier alpha value is -2.30. The maximum Gasteiger partial charge on any atom is 0.327 e. The monoisotopic (exact) mass is 217 g/mol. The Labute approximate surface area is 92.5 Å². The van der Waals surface area contributed by atoms with Crippen LogP contribution < -0.4 is 10.6 Å². The van der Waals surface area contributed by atoms with Crippen LogP contribution in [0.4, 0.5) is 16.5 Å². The molecule has 1 heterocycles. The highest BCUT2D eigenvalue weighted by molar-refractivity contribution is 5.98. The number of nitrogens with one attached hydrogen (secondary N) is 2. The van der Waals surface area contributed by atoms with Crippen LogP contribution in [0.1, 0.15) is 5.56 Å². The molecule has 0 radical (unpaired) electrons. The van der Waals surface area contributed by atoms with Crippen molar-refractivity contribution in [2.75, 3.05) is 10.6 Å². The van der Waals surface area contributed by atoms with Gasteiger partial charge in [0.05, 0.1) is 6.20 Å². The zero-order valence-electron chi connectivity index (χ0n) is 8.73. The summed E-state index contributed by atoms with van der Waals surface area (Å²) in [5.74, 6) is 0. The third-order valence-electron chi connectivity index (χ3n) is 2.05. The zero-order valence-corrected chi connectivity index (χ0v) is 8.73. The number of hydrogen-bond donors (Lipinski definition) is 2. The molecule has 0 unspecified atom stereocenters. The second-order valence-electron chi connectivity index (χ2n) is 3.23. The Kier molecular flexibility index (Phi) is 2.86. The number of carbonyl (C=O) groups is 1. The van der Waals surface area contributed by atoms with Crippen molar-refractivity contribution in [3.05, 3.63) is 42.3 Å². The molecule has 0 spiro atoms. The first-order valence-corrected chi connectivity index (χ1v) is 4.79. The summed E-state index contributed by atoms with van der Waals surface area (Å²) in [4.78, 5) is 15.3. The molecule has 0 saturated carbocycles. The fourth-order valence-electron chi connectivity index (χ4n) is 1.25. The lowest BCUT2D eigenvalue weighted by Gasteiger charge is -2.07. The molecule has 0 aliphatic rings. The third kappa shape index (κ3) is 2.38. The molecule has 2 amide bonds. The van der Waals surface area contributed by atoms with E-state index >= 15 is 0 Å². The Morgan fingerprint density at radius 3 is 2.81 bits per heavy atom. The van der Waals surface area contributed by atoms with Gasteiger partial charge in [0.2, 0.25) is 0 Å². The molecule has 2 N–H and O–H groups in total. The molecule has 0 saturated heterocycles. The minimum absolute atomic E-state index is 0.172. The fourth-order valence-corrected chi connectivity index (χ4v) is 1.25. The van der Waals surface area contributed by atoms with Crippen molar-refractivity contribution in [3.63, 3.8) is 0 Å². The Morgan fingerprint density at radius 2 is 2.12 bits per heavy atom. The first-order chi connectivity index (χ1) is 7.75. The number of aromatic nitrogens is 1. The first-order valence-electron chi connectivity index (χ1n) is 4.79. The number of para-hydroxylation sites is 1. The molecular weight excluding hydrogens is 206 g/mol. The summed E-state index contributed by atoms with van der Waals surface area (Å²) >= 11 is 0. The summed E-state index contributed by atoms with van der Waals surface area (Å²) in [6.07, 6.45) is 2.85. The predicted octanol–water partition coefficient (Wildman–Crippen LogP) is 2.63. The van der Waals surface area contributed by atoms with Crippen molar-refractivity contribution in [3.8, 4) is 0 Å². The van der Waals surface area contributed by atoms with Crippen molar-refractivity contribution in [1.82, 2.24) is 4.98 Å². The number of rotatable bonds is 2. The Morgan fingerprint density at radius 1 is 1.31 bits per heavy atom. The molecule has 1 aromatic heterocycles. The highest BCUT2D eigenvalue weighted by atomic mass is 16.4. The molecule has 2 aromatic rings. The average molecular weight is 217 g/mol. The van der Waals surface area contributed by atoms with E-state index in [4.69, 9.17) is 4.42 Å². The summed E-state index contributed by atoms with van der Waals surface area (Å²) in [6.45, 7) is 1.92. The highest BCUT2D eigenvalue weighted by Crippen LogP contribution is 2.13. The van der Waals surface area contributed by atoms with Crippen molar-refractivity contribution in [2.24, 2.45) is 0 Å². The lowest BCUT2D eigenvalue weighted by molar-refractivity contribution is 0.261. The largest absolute Gasteiger partial charge is 0.432 e. The van der Waals surface area contributed by atoms with Gasteiger partial charge in [0.1, 0.15) is 6.26 Å². The quantitative estimate of drug-likeness (QED) is 0.812. The summed E-state index contributed by atoms with van der Waals surface area (Å²) in [7, 11) is 0. The number of nitrogens with zero attached hydrogens (tertiary/aromatic N) is 1. The van der Waals surface area contributed by atoms with Gasteiger partial charge in [0, 0.05) is 5.69 Å². The van der Waals surface area contributed by atoms with Gasteiger partial charge >= 0.3 is 12.0 Å². The van der Waals surface area contributed by atoms with Crippen LogP contribution in [-0.4, -0.2) is 11.0 Å². The van der Waals surface area contributed by atoms with Gasteiger partial charge in [-0.3, -0.25) is 5.32 Å². The van der Waals surface area contributed by atoms with Crippen LogP contribution in [0.3, 0.4) is 0 Å². The molecule has 5 heteroatoms. The minimum Gasteiger partial charge on any atom is -0.432 e. The normalized spacial score (nSPS) is 9.81. The number of oxazole rings is 1. The van der Waals surface area contributed by atoms with Crippen LogP contribution in [0.25, 0.3) is 0 Å². The van der Waals surface area contributed by atoms with Crippen LogP contribution in [0.15, 0.2) is 41.1 Å². The van der Waals surface area contributed by atoms with Crippen LogP contribution >= 0.6 is 0 Å². The van der Waals surface area contributed by atoms with Crippen LogP contribution in [-0.2, 0) is 0 Å². The maximum absolute atomic E-state index is 11.5. The second-order valence-corrected chi connectivity index (χ2v) is 3.23. The molecule has 5 nitrogen and oxygen atoms in total. The zero-order chi connectivity index (χ0) is 11.4. The molecule has 16 heavy (non-hydrogen) atoms. The van der Waals surface area contributed by atoms with Gasteiger partial charge in [0.25, 0.3) is 0 Å². The molecule has 0 aliphatic heterocycles. The van der Waals surface area contributed by atoms with Gasteiger partial charge in [-0.2, -0.15) is 0 Å². The van der Waals surface area contributed by atoms with Gasteiger partial charge in [-0.25, -0.2) is 9.78 Å². The molecule has 82 valence electrons. The number of carbonyl (C=O) groups excluding carboxylic acids is 1. The van der Waals surface area contributed by atoms with Crippen LogP contribution in [0.5, 0.6) is 0 Å². The second kappa shape index (κ2) is 4.48. The standard InChI is InChI=1S/C11H11N3O2/c1-8-4-2-3-5-9(8)13-10(15)14-11-12-6-7-16-11/h2-7H,1H3,(H2,12,13,14,15). The first kappa shape index (κ1) is 10.2. The topological polar surface area (TPSA) is 67.2 Å². The molecule has 0 aliphatic carbocycles. The molecular formula is C11H11N3O2. The predicted molar refractivity (Wildman–Crippen MR) is 60.3 cm³/mol. The smallest absolute Gasteiger partial charge is 0.327 e. The summed E-state index contributed by atoms with van der Waals surface area (Å²) in [5, 5.41) is 5.17. The number of hydrogen-bond acceptors (Lipinski definition) is 3. The maximum atomic E-state index is 11.5. The van der Waals surface area contributed by atoms with E-state index < -0.39 is 0 Å². The molecule has 1 aromatic carbocycles. The summed E-state index contributed by atoms with van der Waals surface area (Å²) in [6, 6.07) is 7.30. The summed E-state index contributed by atoms with van der Waals surface area (Å²) in [5.41, 5.74) is 1.75. The lowest BCUT2D eigenvalue weighted by Crippen LogP contribution is -2.20. The van der Waals surface area contributed by atoms with E-state index in [-0.39, 0.29) is 12.0 Å². The number of urea groups is 1. The van der Waals surface area contributed by atoms with Gasteiger partial charge in [-0.1, -0.05) is 18.2 Å². The minimum atomic E-state index is -0.378. The fraction of sp³-hybridized carbons (Fsp3) is 0.0909. The SMILES string of the molecule is Cc1ccccc1NC(=O)Nc1ncco1. The average Bonchev–Trinajstić information content (AvgIpc) is 2.74. The van der Waals surface area contributed by atoms with Gasteiger partial charge in [-0.05, 0) is 18.6 Å². The van der Waals surface area contributed by atoms with E-state index in [1.807, 2.05) is 31.2 Å². The number of aryl methyl sites for hydroxylation is 1. The number of benzene rings is 1. The molecule has 0 fully saturated rings. The van der Waals surface area contributed by atoms with E-state index in [2.05, 4.69) is 15.6 Å². The highest BCUT2D eigenvalue weighted by Gasteiger charge is 2.06. The lowest BCUT2D eigenvalue weighted by atomic mass is 10.2. The van der Waals surface area contributed by atoms with E-state index in [9.17, 15) is 4.79 Å². The van der Waals surface area contributed by atoms with Crippen molar-refractivity contribution in [1.29, 1.82) is 0 Å². The van der Waals surface area contributed by atoms with Crippen molar-refractivity contribution >= 4 is 17.7 Å².